The van der Waals surface area contributed by atoms with Crippen molar-refractivity contribution in [1.82, 2.24) is 0 Å². The lowest BCUT2D eigenvalue weighted by molar-refractivity contribution is -0.210. The molecule has 1 atom stereocenters. The molecule has 1 aromatic carbocycles. The summed E-state index contributed by atoms with van der Waals surface area (Å²) in [5.74, 6) is -0.427. The minimum absolute atomic E-state index is 0.297. The molecule has 0 amide bonds. The number of hydrogen-bond donors (Lipinski definition) is 0. The molecular weight excluding hydrogens is 220 g/mol. The monoisotopic (exact) mass is 234 g/mol. The Hall–Kier alpha value is -1.65. The number of hydrogen-bond acceptors (Lipinski definition) is 4. The number of ether oxygens (including phenoxy) is 3. The fraction of sp³-hybridized carbons (Fsp3) is 0.308. The van der Waals surface area contributed by atoms with Gasteiger partial charge in [0.25, 0.3) is 0 Å². The van der Waals surface area contributed by atoms with E-state index in [1.54, 1.807) is 6.08 Å². The molecule has 0 aliphatic carbocycles. The number of carbonyl (C=O) groups is 1. The summed E-state index contributed by atoms with van der Waals surface area (Å²) < 4.78 is 15.4. The molecule has 90 valence electrons. The highest BCUT2D eigenvalue weighted by molar-refractivity contribution is 5.87. The van der Waals surface area contributed by atoms with E-state index in [2.05, 4.69) is 0 Å². The van der Waals surface area contributed by atoms with Crippen molar-refractivity contribution in [3.8, 4) is 0 Å². The molecule has 1 fully saturated rings. The highest BCUT2D eigenvalue weighted by Gasteiger charge is 2.17. The maximum atomic E-state index is 11.4. The van der Waals surface area contributed by atoms with E-state index in [-0.39, 0.29) is 0 Å². The molecule has 0 bridgehead atoms. The average Bonchev–Trinajstić information content (AvgIpc) is 2.39. The average molecular weight is 234 g/mol. The van der Waals surface area contributed by atoms with Gasteiger partial charge in [0, 0.05) is 6.08 Å². The van der Waals surface area contributed by atoms with Crippen molar-refractivity contribution in [2.75, 3.05) is 19.8 Å². The van der Waals surface area contributed by atoms with Gasteiger partial charge in [0.05, 0.1) is 13.2 Å². The Morgan fingerprint density at radius 2 is 2.12 bits per heavy atom. The van der Waals surface area contributed by atoms with Gasteiger partial charge in [-0.3, -0.25) is 0 Å². The molecule has 1 heterocycles. The Morgan fingerprint density at radius 3 is 2.82 bits per heavy atom. The van der Waals surface area contributed by atoms with Crippen molar-refractivity contribution in [2.24, 2.45) is 0 Å². The fourth-order valence-electron chi connectivity index (χ4n) is 1.43. The maximum absolute atomic E-state index is 11.4. The quantitative estimate of drug-likeness (QED) is 0.589. The molecule has 1 unspecified atom stereocenters. The van der Waals surface area contributed by atoms with Crippen LogP contribution in [0.3, 0.4) is 0 Å². The van der Waals surface area contributed by atoms with E-state index in [0.29, 0.717) is 19.8 Å². The van der Waals surface area contributed by atoms with Crippen LogP contribution < -0.4 is 0 Å². The zero-order valence-electron chi connectivity index (χ0n) is 9.37. The second-order valence-electron chi connectivity index (χ2n) is 3.56. The molecule has 17 heavy (non-hydrogen) atoms. The van der Waals surface area contributed by atoms with Gasteiger partial charge in [0.15, 0.2) is 0 Å². The molecule has 1 aliphatic heterocycles. The number of esters is 1. The molecule has 0 radical (unpaired) electrons. The minimum Gasteiger partial charge on any atom is -0.430 e. The van der Waals surface area contributed by atoms with Crippen molar-refractivity contribution < 1.29 is 19.0 Å². The summed E-state index contributed by atoms with van der Waals surface area (Å²) >= 11 is 0. The third kappa shape index (κ3) is 4.01. The smallest absolute Gasteiger partial charge is 0.333 e. The lowest BCUT2D eigenvalue weighted by atomic mass is 10.2. The Kier molecular flexibility index (Phi) is 4.30. The van der Waals surface area contributed by atoms with Crippen LogP contribution in [0, 0.1) is 0 Å². The van der Waals surface area contributed by atoms with Crippen LogP contribution in [0.1, 0.15) is 5.56 Å². The Morgan fingerprint density at radius 1 is 1.29 bits per heavy atom. The van der Waals surface area contributed by atoms with E-state index in [1.165, 1.54) is 6.08 Å². The second kappa shape index (κ2) is 6.18. The van der Waals surface area contributed by atoms with Gasteiger partial charge in [-0.15, -0.1) is 0 Å². The first-order chi connectivity index (χ1) is 8.34. The van der Waals surface area contributed by atoms with Crippen LogP contribution in [0.15, 0.2) is 36.4 Å². The first-order valence-electron chi connectivity index (χ1n) is 5.48. The zero-order chi connectivity index (χ0) is 11.9. The minimum atomic E-state index is -0.586. The zero-order valence-corrected chi connectivity index (χ0v) is 9.37. The van der Waals surface area contributed by atoms with Crippen molar-refractivity contribution in [3.05, 3.63) is 42.0 Å². The van der Waals surface area contributed by atoms with Crippen LogP contribution in [0.25, 0.3) is 6.08 Å². The number of benzene rings is 1. The summed E-state index contributed by atoms with van der Waals surface area (Å²) in [5.41, 5.74) is 0.949. The summed E-state index contributed by atoms with van der Waals surface area (Å²) in [6, 6.07) is 9.54. The normalized spacial score (nSPS) is 20.4. The second-order valence-corrected chi connectivity index (χ2v) is 3.56. The molecule has 1 saturated heterocycles. The van der Waals surface area contributed by atoms with E-state index in [9.17, 15) is 4.79 Å². The van der Waals surface area contributed by atoms with Gasteiger partial charge in [-0.1, -0.05) is 30.3 Å². The maximum Gasteiger partial charge on any atom is 0.333 e. The van der Waals surface area contributed by atoms with Gasteiger partial charge in [-0.05, 0) is 11.6 Å². The SMILES string of the molecule is O=C(/C=C/c1ccccc1)OC1COCCO1. The standard InChI is InChI=1S/C13H14O4/c14-12(17-13-10-15-8-9-16-13)7-6-11-4-2-1-3-5-11/h1-7,13H,8-10H2/b7-6+. The summed E-state index contributed by atoms with van der Waals surface area (Å²) in [4.78, 5) is 11.4. The molecule has 0 saturated carbocycles. The Labute approximate surface area is 99.8 Å². The van der Waals surface area contributed by atoms with Crippen molar-refractivity contribution in [1.29, 1.82) is 0 Å². The van der Waals surface area contributed by atoms with Gasteiger partial charge in [-0.25, -0.2) is 4.79 Å². The predicted molar refractivity (Wildman–Crippen MR) is 62.1 cm³/mol. The van der Waals surface area contributed by atoms with Crippen LogP contribution in [0.4, 0.5) is 0 Å². The third-order valence-corrected chi connectivity index (χ3v) is 2.24. The van der Waals surface area contributed by atoms with E-state index >= 15 is 0 Å². The van der Waals surface area contributed by atoms with Gasteiger partial charge in [-0.2, -0.15) is 0 Å². The number of carbonyl (C=O) groups excluding carboxylic acids is 1. The molecule has 0 aromatic heterocycles. The van der Waals surface area contributed by atoms with Crippen LogP contribution in [-0.4, -0.2) is 32.1 Å². The third-order valence-electron chi connectivity index (χ3n) is 2.24. The molecule has 4 nitrogen and oxygen atoms in total. The first kappa shape index (κ1) is 11.8. The highest BCUT2D eigenvalue weighted by atomic mass is 16.7. The topological polar surface area (TPSA) is 44.8 Å². The summed E-state index contributed by atoms with van der Waals surface area (Å²) in [7, 11) is 0. The molecule has 1 aliphatic rings. The first-order valence-corrected chi connectivity index (χ1v) is 5.48. The summed E-state index contributed by atoms with van der Waals surface area (Å²) in [6.45, 7) is 1.30. The van der Waals surface area contributed by atoms with E-state index < -0.39 is 12.3 Å². The Bertz CT molecular complexity index is 380. The molecule has 4 heteroatoms. The van der Waals surface area contributed by atoms with Crippen LogP contribution >= 0.6 is 0 Å². The summed E-state index contributed by atoms with van der Waals surface area (Å²) in [5, 5.41) is 0. The fourth-order valence-corrected chi connectivity index (χ4v) is 1.43. The van der Waals surface area contributed by atoms with Crippen LogP contribution in [0.2, 0.25) is 0 Å². The number of rotatable bonds is 3. The highest BCUT2D eigenvalue weighted by Crippen LogP contribution is 2.05. The van der Waals surface area contributed by atoms with Gasteiger partial charge in [0.2, 0.25) is 6.29 Å². The molecule has 1 aromatic rings. The molecular formula is C13H14O4. The summed E-state index contributed by atoms with van der Waals surface area (Å²) in [6.07, 6.45) is 2.50. The van der Waals surface area contributed by atoms with Gasteiger partial charge < -0.3 is 14.2 Å². The lowest BCUT2D eigenvalue weighted by Crippen LogP contribution is -2.32. The van der Waals surface area contributed by atoms with Crippen LogP contribution in [-0.2, 0) is 19.0 Å². The van der Waals surface area contributed by atoms with Crippen molar-refractivity contribution in [2.45, 2.75) is 6.29 Å². The van der Waals surface area contributed by atoms with E-state index in [1.807, 2.05) is 30.3 Å². The van der Waals surface area contributed by atoms with Crippen molar-refractivity contribution >= 4 is 12.0 Å². The largest absolute Gasteiger partial charge is 0.430 e. The van der Waals surface area contributed by atoms with Crippen molar-refractivity contribution in [3.63, 3.8) is 0 Å². The predicted octanol–water partition coefficient (Wildman–Crippen LogP) is 1.62. The van der Waals surface area contributed by atoms with Crippen LogP contribution in [0.5, 0.6) is 0 Å². The van der Waals surface area contributed by atoms with E-state index in [0.717, 1.165) is 5.56 Å². The lowest BCUT2D eigenvalue weighted by Gasteiger charge is -2.21. The van der Waals surface area contributed by atoms with E-state index in [4.69, 9.17) is 14.2 Å². The van der Waals surface area contributed by atoms with Gasteiger partial charge >= 0.3 is 5.97 Å². The van der Waals surface area contributed by atoms with Gasteiger partial charge in [0.1, 0.15) is 6.61 Å². The molecule has 0 spiro atoms. The molecule has 2 rings (SSSR count). The molecule has 0 N–H and O–H groups in total. The Balaban J connectivity index is 1.82.